The third kappa shape index (κ3) is 3.65. The summed E-state index contributed by atoms with van der Waals surface area (Å²) < 4.78 is 70.2. The van der Waals surface area contributed by atoms with Crippen molar-refractivity contribution < 1.29 is 22.0 Å². The number of hydrogen-bond donors (Lipinski definition) is 0. The maximum absolute atomic E-state index is 14.5. The largest absolute Gasteiger partial charge is 0.206 e. The average Bonchev–Trinajstić information content (AvgIpc) is 2.70. The van der Waals surface area contributed by atoms with Gasteiger partial charge < -0.3 is 0 Å². The van der Waals surface area contributed by atoms with Crippen LogP contribution in [0.25, 0.3) is 21.9 Å². The maximum Gasteiger partial charge on any atom is 0.166 e. The van der Waals surface area contributed by atoms with Crippen LogP contribution >= 0.6 is 0 Å². The minimum Gasteiger partial charge on any atom is -0.206 e. The number of halogens is 5. The third-order valence-corrected chi connectivity index (χ3v) is 4.72. The normalized spacial score (nSPS) is 10.7. The van der Waals surface area contributed by atoms with Crippen molar-refractivity contribution in [3.05, 3.63) is 106 Å². The summed E-state index contributed by atoms with van der Waals surface area (Å²) in [6, 6.07) is 13.1. The fourth-order valence-corrected chi connectivity index (χ4v) is 3.18. The molecule has 0 atom stereocenters. The standard InChI is InChI=1S/C25H13F5/c1-14-2-6-18(22(27)10-14)17-12-23(28)20(24(29)13-17)8-4-15-3-7-19-16(11-15)5-9-21(26)25(19)30/h2-3,5-7,9-13H,1H3. The molecule has 0 amide bonds. The lowest BCUT2D eigenvalue weighted by Crippen LogP contribution is -1.94. The molecule has 0 saturated heterocycles. The first-order valence-electron chi connectivity index (χ1n) is 8.99. The van der Waals surface area contributed by atoms with E-state index in [0.717, 1.165) is 18.2 Å². The van der Waals surface area contributed by atoms with Gasteiger partial charge in [-0.25, -0.2) is 22.0 Å². The second-order valence-corrected chi connectivity index (χ2v) is 6.85. The molecule has 0 radical (unpaired) electrons. The Labute approximate surface area is 169 Å². The number of aryl methyl sites for hydroxylation is 1. The lowest BCUT2D eigenvalue weighted by atomic mass is 10.0. The summed E-state index contributed by atoms with van der Waals surface area (Å²) in [5.41, 5.74) is 0.758. The summed E-state index contributed by atoms with van der Waals surface area (Å²) in [7, 11) is 0. The molecule has 0 nitrogen and oxygen atoms in total. The zero-order chi connectivity index (χ0) is 21.4. The van der Waals surface area contributed by atoms with Crippen LogP contribution in [0.5, 0.6) is 0 Å². The topological polar surface area (TPSA) is 0 Å². The highest BCUT2D eigenvalue weighted by Gasteiger charge is 2.13. The summed E-state index contributed by atoms with van der Waals surface area (Å²) in [5, 5.41) is 0.495. The Morgan fingerprint density at radius 3 is 2.07 bits per heavy atom. The SMILES string of the molecule is Cc1ccc(-c2cc(F)c(C#Cc3ccc4c(F)c(F)ccc4c3)c(F)c2)c(F)c1. The molecular weight excluding hydrogens is 395 g/mol. The predicted octanol–water partition coefficient (Wildman–Crippen LogP) is 6.91. The third-order valence-electron chi connectivity index (χ3n) is 4.72. The first-order valence-corrected chi connectivity index (χ1v) is 8.99. The number of rotatable bonds is 1. The van der Waals surface area contributed by atoms with Gasteiger partial charge in [-0.1, -0.05) is 36.1 Å². The fourth-order valence-electron chi connectivity index (χ4n) is 3.18. The molecule has 0 saturated carbocycles. The van der Waals surface area contributed by atoms with Crippen molar-refractivity contribution >= 4 is 10.8 Å². The van der Waals surface area contributed by atoms with Crippen molar-refractivity contribution in [1.29, 1.82) is 0 Å². The molecule has 0 bridgehead atoms. The van der Waals surface area contributed by atoms with E-state index in [0.29, 0.717) is 16.5 Å². The number of hydrogen-bond acceptors (Lipinski definition) is 0. The van der Waals surface area contributed by atoms with Gasteiger partial charge in [0.15, 0.2) is 11.6 Å². The van der Waals surface area contributed by atoms with Gasteiger partial charge in [-0.05, 0) is 59.8 Å². The Balaban J connectivity index is 1.72. The molecule has 4 aromatic carbocycles. The van der Waals surface area contributed by atoms with Crippen LogP contribution in [0, 0.1) is 47.9 Å². The van der Waals surface area contributed by atoms with Crippen LogP contribution in [0.1, 0.15) is 16.7 Å². The van der Waals surface area contributed by atoms with Crippen molar-refractivity contribution in [2.45, 2.75) is 6.92 Å². The Hall–Kier alpha value is -3.65. The highest BCUT2D eigenvalue weighted by Crippen LogP contribution is 2.27. The molecule has 4 aromatic rings. The van der Waals surface area contributed by atoms with Crippen LogP contribution in [-0.4, -0.2) is 0 Å². The second-order valence-electron chi connectivity index (χ2n) is 6.85. The molecule has 0 spiro atoms. The van der Waals surface area contributed by atoms with E-state index < -0.39 is 34.6 Å². The lowest BCUT2D eigenvalue weighted by molar-refractivity contribution is 0.517. The van der Waals surface area contributed by atoms with E-state index in [1.165, 1.54) is 36.4 Å². The van der Waals surface area contributed by atoms with Crippen LogP contribution in [0.2, 0.25) is 0 Å². The predicted molar refractivity (Wildman–Crippen MR) is 106 cm³/mol. The molecule has 4 rings (SSSR count). The molecule has 0 N–H and O–H groups in total. The van der Waals surface area contributed by atoms with Crippen molar-refractivity contribution in [1.82, 2.24) is 0 Å². The Morgan fingerprint density at radius 2 is 1.37 bits per heavy atom. The summed E-state index contributed by atoms with van der Waals surface area (Å²) >= 11 is 0. The zero-order valence-corrected chi connectivity index (χ0v) is 15.7. The summed E-state index contributed by atoms with van der Waals surface area (Å²) in [6.45, 7) is 1.71. The van der Waals surface area contributed by atoms with Crippen molar-refractivity contribution in [3.63, 3.8) is 0 Å². The van der Waals surface area contributed by atoms with Gasteiger partial charge >= 0.3 is 0 Å². The molecule has 0 aromatic heterocycles. The molecule has 148 valence electrons. The number of benzene rings is 4. The van der Waals surface area contributed by atoms with Crippen molar-refractivity contribution in [3.8, 4) is 23.0 Å². The van der Waals surface area contributed by atoms with Gasteiger partial charge in [-0.2, -0.15) is 0 Å². The van der Waals surface area contributed by atoms with E-state index in [-0.39, 0.29) is 16.5 Å². The van der Waals surface area contributed by atoms with Gasteiger partial charge in [0.2, 0.25) is 0 Å². The van der Waals surface area contributed by atoms with E-state index >= 15 is 0 Å². The minimum atomic E-state index is -0.969. The highest BCUT2D eigenvalue weighted by atomic mass is 19.2. The Kier molecular flexibility index (Phi) is 5.01. The summed E-state index contributed by atoms with van der Waals surface area (Å²) in [4.78, 5) is 0. The van der Waals surface area contributed by atoms with Crippen LogP contribution in [-0.2, 0) is 0 Å². The molecule has 30 heavy (non-hydrogen) atoms. The van der Waals surface area contributed by atoms with E-state index in [1.54, 1.807) is 13.0 Å². The molecular formula is C25H13F5. The second kappa shape index (κ2) is 7.64. The van der Waals surface area contributed by atoms with Crippen molar-refractivity contribution in [2.24, 2.45) is 0 Å². The average molecular weight is 408 g/mol. The van der Waals surface area contributed by atoms with Gasteiger partial charge in [-0.15, -0.1) is 0 Å². The van der Waals surface area contributed by atoms with Gasteiger partial charge in [0.1, 0.15) is 17.5 Å². The maximum atomic E-state index is 14.5. The molecule has 0 aliphatic heterocycles. The number of fused-ring (bicyclic) bond motifs is 1. The molecule has 5 heteroatoms. The highest BCUT2D eigenvalue weighted by molar-refractivity contribution is 5.84. The fraction of sp³-hybridized carbons (Fsp3) is 0.0400. The molecule has 0 aliphatic rings. The first-order chi connectivity index (χ1) is 14.3. The van der Waals surface area contributed by atoms with Crippen LogP contribution in [0.15, 0.2) is 60.7 Å². The van der Waals surface area contributed by atoms with E-state index in [4.69, 9.17) is 0 Å². The molecule has 0 unspecified atom stereocenters. The van der Waals surface area contributed by atoms with Crippen LogP contribution in [0.3, 0.4) is 0 Å². The molecule has 0 heterocycles. The quantitative estimate of drug-likeness (QED) is 0.237. The zero-order valence-electron chi connectivity index (χ0n) is 15.7. The van der Waals surface area contributed by atoms with Gasteiger partial charge in [-0.3, -0.25) is 0 Å². The first kappa shape index (κ1) is 19.7. The van der Waals surface area contributed by atoms with Crippen LogP contribution < -0.4 is 0 Å². The lowest BCUT2D eigenvalue weighted by Gasteiger charge is -2.07. The minimum absolute atomic E-state index is 0.0660. The Morgan fingerprint density at radius 1 is 0.633 bits per heavy atom. The van der Waals surface area contributed by atoms with Gasteiger partial charge in [0.05, 0.1) is 5.56 Å². The van der Waals surface area contributed by atoms with E-state index in [2.05, 4.69) is 11.8 Å². The van der Waals surface area contributed by atoms with E-state index in [9.17, 15) is 22.0 Å². The van der Waals surface area contributed by atoms with Gasteiger partial charge in [0, 0.05) is 16.5 Å². The monoisotopic (exact) mass is 408 g/mol. The van der Waals surface area contributed by atoms with Crippen molar-refractivity contribution in [2.75, 3.05) is 0 Å². The Bertz CT molecular complexity index is 1340. The summed E-state index contributed by atoms with van der Waals surface area (Å²) in [6.07, 6.45) is 0. The molecule has 0 fully saturated rings. The summed E-state index contributed by atoms with van der Waals surface area (Å²) in [5.74, 6) is 0.698. The smallest absolute Gasteiger partial charge is 0.166 e. The van der Waals surface area contributed by atoms with Crippen LogP contribution in [0.4, 0.5) is 22.0 Å². The van der Waals surface area contributed by atoms with E-state index in [1.807, 2.05) is 0 Å². The van der Waals surface area contributed by atoms with Gasteiger partial charge in [0.25, 0.3) is 0 Å². The molecule has 0 aliphatic carbocycles.